The first-order valence-electron chi connectivity index (χ1n) is 14.5. The van der Waals surface area contributed by atoms with E-state index in [2.05, 4.69) is 20.7 Å². The first-order valence-corrected chi connectivity index (χ1v) is 16.1. The molecule has 0 aromatic heterocycles. The van der Waals surface area contributed by atoms with E-state index in [1.165, 1.54) is 4.90 Å². The van der Waals surface area contributed by atoms with E-state index in [9.17, 15) is 32.4 Å². The summed E-state index contributed by atoms with van der Waals surface area (Å²) < 4.78 is 27.3. The molecule has 4 N–H and O–H groups in total. The van der Waals surface area contributed by atoms with E-state index in [1.807, 2.05) is 12.2 Å². The lowest BCUT2D eigenvalue weighted by atomic mass is 10.0. The highest BCUT2D eigenvalue weighted by Crippen LogP contribution is 2.46. The van der Waals surface area contributed by atoms with E-state index in [0.717, 1.165) is 19.3 Å². The third-order valence-electron chi connectivity index (χ3n) is 8.64. The molecule has 5 amide bonds. The second-order valence-corrected chi connectivity index (χ2v) is 13.8. The van der Waals surface area contributed by atoms with Crippen molar-refractivity contribution in [1.82, 2.24) is 25.6 Å². The normalized spacial score (nSPS) is 34.9. The van der Waals surface area contributed by atoms with Crippen molar-refractivity contribution in [1.29, 1.82) is 0 Å². The van der Waals surface area contributed by atoms with Crippen molar-refractivity contribution in [2.45, 2.75) is 112 Å². The number of sulfonamides is 1. The van der Waals surface area contributed by atoms with Crippen LogP contribution in [-0.4, -0.2) is 78.3 Å². The van der Waals surface area contributed by atoms with Crippen LogP contribution in [0.1, 0.15) is 83.5 Å². The Bertz CT molecular complexity index is 1200. The zero-order valence-electron chi connectivity index (χ0n) is 22.7. The monoisotopic (exact) mass is 577 g/mol. The van der Waals surface area contributed by atoms with Gasteiger partial charge in [0.15, 0.2) is 0 Å². The van der Waals surface area contributed by atoms with Crippen molar-refractivity contribution >= 4 is 39.6 Å². The van der Waals surface area contributed by atoms with Gasteiger partial charge in [0.25, 0.3) is 5.91 Å². The maximum Gasteiger partial charge on any atom is 0.259 e. The summed E-state index contributed by atoms with van der Waals surface area (Å²) in [6.45, 7) is 0.105. The minimum absolute atomic E-state index is 0.105. The SMILES string of the molecule is O=C1CCCCC(=O)NC2CCCCC/C=C\C3CC3(C(=O)NS(=O)(=O)C3CC3)NC(=O)C3CC(CN3C2=O)N1. The Morgan fingerprint density at radius 2 is 1.68 bits per heavy atom. The number of rotatable bonds is 3. The van der Waals surface area contributed by atoms with Crippen molar-refractivity contribution in [2.24, 2.45) is 5.92 Å². The minimum atomic E-state index is -3.82. The number of nitrogens with one attached hydrogen (secondary N) is 4. The van der Waals surface area contributed by atoms with Crippen LogP contribution in [0, 0.1) is 5.92 Å². The third kappa shape index (κ3) is 6.34. The van der Waals surface area contributed by atoms with Crippen LogP contribution in [0.4, 0.5) is 0 Å². The van der Waals surface area contributed by atoms with E-state index < -0.39 is 50.8 Å². The zero-order chi connectivity index (χ0) is 28.5. The molecular formula is C27H39N5O7S. The van der Waals surface area contributed by atoms with E-state index in [0.29, 0.717) is 38.5 Å². The lowest BCUT2D eigenvalue weighted by molar-refractivity contribution is -0.142. The summed E-state index contributed by atoms with van der Waals surface area (Å²) in [6.07, 6.45) is 10.3. The molecule has 0 aromatic rings. The number of nitrogens with zero attached hydrogens (tertiary/aromatic N) is 1. The fourth-order valence-corrected chi connectivity index (χ4v) is 7.41. The first kappa shape index (κ1) is 28.6. The van der Waals surface area contributed by atoms with Crippen molar-refractivity contribution in [3.8, 4) is 0 Å². The largest absolute Gasteiger partial charge is 0.351 e. The summed E-state index contributed by atoms with van der Waals surface area (Å²) in [5.41, 5.74) is -1.43. The number of hydrogen-bond donors (Lipinski definition) is 4. The number of carbonyl (C=O) groups is 5. The zero-order valence-corrected chi connectivity index (χ0v) is 23.5. The van der Waals surface area contributed by atoms with E-state index in [-0.39, 0.29) is 55.9 Å². The highest BCUT2D eigenvalue weighted by Gasteiger charge is 2.62. The molecular weight excluding hydrogens is 538 g/mol. The Balaban J connectivity index is 1.43. The second kappa shape index (κ2) is 11.5. The molecule has 40 heavy (non-hydrogen) atoms. The Kier molecular flexibility index (Phi) is 8.21. The van der Waals surface area contributed by atoms with Crippen molar-refractivity contribution in [3.63, 3.8) is 0 Å². The molecule has 5 unspecified atom stereocenters. The van der Waals surface area contributed by atoms with Crippen LogP contribution < -0.4 is 20.7 Å². The molecule has 4 fully saturated rings. The molecule has 2 saturated carbocycles. The van der Waals surface area contributed by atoms with Gasteiger partial charge in [0.05, 0.1) is 5.25 Å². The molecule has 0 radical (unpaired) electrons. The van der Waals surface area contributed by atoms with Gasteiger partial charge in [-0.1, -0.05) is 25.0 Å². The van der Waals surface area contributed by atoms with Gasteiger partial charge in [-0.2, -0.15) is 0 Å². The van der Waals surface area contributed by atoms with Gasteiger partial charge < -0.3 is 20.9 Å². The molecule has 3 heterocycles. The molecule has 13 heteroatoms. The Morgan fingerprint density at radius 3 is 2.40 bits per heavy atom. The third-order valence-corrected chi connectivity index (χ3v) is 10.5. The minimum Gasteiger partial charge on any atom is -0.351 e. The second-order valence-electron chi connectivity index (χ2n) is 11.8. The molecule has 5 atom stereocenters. The van der Waals surface area contributed by atoms with Crippen molar-refractivity contribution < 1.29 is 32.4 Å². The fourth-order valence-electron chi connectivity index (χ4n) is 6.04. The average Bonchev–Trinajstić information content (AvgIpc) is 3.81. The number of fused-ring (bicyclic) bond motifs is 3. The van der Waals surface area contributed by atoms with E-state index in [4.69, 9.17) is 0 Å². The van der Waals surface area contributed by atoms with Gasteiger partial charge in [-0.3, -0.25) is 28.7 Å². The molecule has 3 bridgehead atoms. The summed E-state index contributed by atoms with van der Waals surface area (Å²) in [5, 5.41) is 8.01. The molecule has 3 aliphatic heterocycles. The van der Waals surface area contributed by atoms with Gasteiger partial charge in [-0.25, -0.2) is 8.42 Å². The van der Waals surface area contributed by atoms with Crippen LogP contribution in [0.5, 0.6) is 0 Å². The van der Waals surface area contributed by atoms with Crippen LogP contribution >= 0.6 is 0 Å². The highest BCUT2D eigenvalue weighted by atomic mass is 32.2. The maximum absolute atomic E-state index is 13.8. The van der Waals surface area contributed by atoms with E-state index in [1.54, 1.807) is 0 Å². The Morgan fingerprint density at radius 1 is 0.950 bits per heavy atom. The van der Waals surface area contributed by atoms with Gasteiger partial charge >= 0.3 is 0 Å². The van der Waals surface area contributed by atoms with Crippen LogP contribution in [0.15, 0.2) is 12.2 Å². The molecule has 5 aliphatic rings. The Hall–Kier alpha value is -2.96. The summed E-state index contributed by atoms with van der Waals surface area (Å²) in [6, 6.07) is -2.24. The summed E-state index contributed by atoms with van der Waals surface area (Å²) in [7, 11) is -3.82. The number of allylic oxidation sites excluding steroid dienone is 1. The highest BCUT2D eigenvalue weighted by molar-refractivity contribution is 7.91. The van der Waals surface area contributed by atoms with Crippen molar-refractivity contribution in [3.05, 3.63) is 12.2 Å². The average molecular weight is 578 g/mol. The fraction of sp³-hybridized carbons (Fsp3) is 0.741. The molecule has 5 rings (SSSR count). The molecule has 2 aliphatic carbocycles. The summed E-state index contributed by atoms with van der Waals surface area (Å²) >= 11 is 0. The molecule has 0 spiro atoms. The molecule has 2 saturated heterocycles. The topological polar surface area (TPSA) is 171 Å². The number of hydrogen-bond acceptors (Lipinski definition) is 7. The standard InChI is InChI=1S/C27H39N5O7S/c33-22-10-6-7-11-23(34)29-20-9-5-3-1-2-4-8-17-15-27(17,26(37)31-40(38,39)19-12-13-19)30-24(35)21-14-18(28-22)16-32(21)25(20)36/h4,8,17-21H,1-3,5-7,9-16H2,(H,28,33)(H,29,34)(H,30,35)(H,31,37)/b8-4-. The maximum atomic E-state index is 13.8. The molecule has 12 nitrogen and oxygen atoms in total. The Labute approximate surface area is 234 Å². The van der Waals surface area contributed by atoms with Gasteiger partial charge in [-0.05, 0) is 57.8 Å². The summed E-state index contributed by atoms with van der Waals surface area (Å²) in [4.78, 5) is 67.5. The predicted octanol–water partition coefficient (Wildman–Crippen LogP) is 0.135. The van der Waals surface area contributed by atoms with Gasteiger partial charge in [0, 0.05) is 31.3 Å². The lowest BCUT2D eigenvalue weighted by Crippen LogP contribution is -2.58. The smallest absolute Gasteiger partial charge is 0.259 e. The lowest BCUT2D eigenvalue weighted by Gasteiger charge is -2.30. The first-order chi connectivity index (χ1) is 19.1. The van der Waals surface area contributed by atoms with Gasteiger partial charge in [0.1, 0.15) is 17.6 Å². The van der Waals surface area contributed by atoms with Crippen LogP contribution in [-0.2, 0) is 34.0 Å². The number of amides is 5. The number of carbonyl (C=O) groups excluding carboxylic acids is 5. The molecule has 220 valence electrons. The predicted molar refractivity (Wildman–Crippen MR) is 144 cm³/mol. The van der Waals surface area contributed by atoms with Crippen LogP contribution in [0.25, 0.3) is 0 Å². The van der Waals surface area contributed by atoms with Crippen LogP contribution in [0.2, 0.25) is 0 Å². The summed E-state index contributed by atoms with van der Waals surface area (Å²) in [5.74, 6) is -2.57. The quantitative estimate of drug-likeness (QED) is 0.346. The van der Waals surface area contributed by atoms with Gasteiger partial charge in [0.2, 0.25) is 33.7 Å². The van der Waals surface area contributed by atoms with E-state index >= 15 is 0 Å². The molecule has 0 aromatic carbocycles. The van der Waals surface area contributed by atoms with Gasteiger partial charge in [-0.15, -0.1) is 0 Å². The van der Waals surface area contributed by atoms with Crippen LogP contribution in [0.3, 0.4) is 0 Å². The van der Waals surface area contributed by atoms with Crippen molar-refractivity contribution in [2.75, 3.05) is 6.54 Å².